The van der Waals surface area contributed by atoms with E-state index in [4.69, 9.17) is 9.47 Å². The molecule has 0 fully saturated rings. The molecule has 3 N–H and O–H groups in total. The maximum absolute atomic E-state index is 12.8. The lowest BCUT2D eigenvalue weighted by Crippen LogP contribution is -2.17. The molecule has 3 aromatic carbocycles. The highest BCUT2D eigenvalue weighted by Gasteiger charge is 2.16. The summed E-state index contributed by atoms with van der Waals surface area (Å²) in [7, 11) is 0. The molecule has 0 aliphatic carbocycles. The van der Waals surface area contributed by atoms with Crippen molar-refractivity contribution in [3.63, 3.8) is 0 Å². The van der Waals surface area contributed by atoms with Crippen LogP contribution < -0.4 is 16.0 Å². The highest BCUT2D eigenvalue weighted by molar-refractivity contribution is 5.94. The average molecular weight is 695 g/mol. The predicted molar refractivity (Wildman–Crippen MR) is 202 cm³/mol. The summed E-state index contributed by atoms with van der Waals surface area (Å²) in [6.45, 7) is 10.3. The van der Waals surface area contributed by atoms with Crippen LogP contribution >= 0.6 is 0 Å². The molecule has 0 bridgehead atoms. The number of rotatable bonds is 20. The Morgan fingerprint density at radius 1 is 0.588 bits per heavy atom. The normalized spacial score (nSPS) is 12.0. The van der Waals surface area contributed by atoms with Gasteiger partial charge in [-0.3, -0.25) is 4.79 Å². The molecule has 0 radical (unpaired) electrons. The second-order valence-electron chi connectivity index (χ2n) is 12.6. The van der Waals surface area contributed by atoms with Crippen molar-refractivity contribution >= 4 is 52.6 Å². The number of ether oxygens (including phenoxy) is 2. The Morgan fingerprint density at radius 3 is 1.43 bits per heavy atom. The fourth-order valence-electron chi connectivity index (χ4n) is 5.27. The lowest BCUT2D eigenvalue weighted by molar-refractivity contribution is 0.0267. The Kier molecular flexibility index (Phi) is 14.9. The summed E-state index contributed by atoms with van der Waals surface area (Å²) in [6.07, 6.45) is 7.83. The molecule has 0 saturated heterocycles. The minimum atomic E-state index is -0.355. The smallest absolute Gasteiger partial charge is 0.338 e. The van der Waals surface area contributed by atoms with Gasteiger partial charge >= 0.3 is 11.9 Å². The number of carbonyl (C=O) groups is 3. The first-order chi connectivity index (χ1) is 24.7. The molecule has 1 heterocycles. The zero-order valence-corrected chi connectivity index (χ0v) is 30.3. The molecule has 270 valence electrons. The summed E-state index contributed by atoms with van der Waals surface area (Å²) >= 11 is 0. The van der Waals surface area contributed by atoms with Gasteiger partial charge in [-0.2, -0.15) is 15.0 Å². The predicted octanol–water partition coefficient (Wildman–Crippen LogP) is 9.80. The van der Waals surface area contributed by atoms with Crippen molar-refractivity contribution in [2.75, 3.05) is 22.6 Å². The van der Waals surface area contributed by atoms with Gasteiger partial charge in [0.05, 0.1) is 17.7 Å². The van der Waals surface area contributed by atoms with Gasteiger partial charge in [-0.1, -0.05) is 59.8 Å². The van der Waals surface area contributed by atoms with Gasteiger partial charge in [0.15, 0.2) is 5.78 Å². The fraction of sp³-hybridized carbons (Fsp3) is 0.400. The molecule has 0 aliphatic heterocycles. The van der Waals surface area contributed by atoms with Crippen LogP contribution in [0.2, 0.25) is 0 Å². The first-order valence-corrected chi connectivity index (χ1v) is 18.0. The van der Waals surface area contributed by atoms with Gasteiger partial charge in [0.25, 0.3) is 0 Å². The van der Waals surface area contributed by atoms with Gasteiger partial charge in [-0.15, -0.1) is 0 Å². The van der Waals surface area contributed by atoms with E-state index in [-0.39, 0.29) is 41.7 Å². The number of hydrogen-bond acceptors (Lipinski definition) is 11. The number of carbonyl (C=O) groups excluding carboxylic acids is 3. The summed E-state index contributed by atoms with van der Waals surface area (Å²) in [5.74, 6) is 0.352. The molecular weight excluding hydrogens is 644 g/mol. The Morgan fingerprint density at radius 2 is 1.02 bits per heavy atom. The number of Topliss-reactive ketones (excluding diaryl/α,β-unsaturated/α-hetero) is 1. The highest BCUT2D eigenvalue weighted by Crippen LogP contribution is 2.23. The van der Waals surface area contributed by atoms with E-state index in [1.165, 1.54) is 6.92 Å². The number of ketones is 1. The molecule has 1 aromatic heterocycles. The number of anilines is 6. The van der Waals surface area contributed by atoms with Crippen molar-refractivity contribution in [2.45, 2.75) is 92.1 Å². The van der Waals surface area contributed by atoms with Crippen LogP contribution in [-0.2, 0) is 9.47 Å². The first-order valence-electron chi connectivity index (χ1n) is 18.0. The van der Waals surface area contributed by atoms with E-state index in [0.717, 1.165) is 51.4 Å². The quantitative estimate of drug-likeness (QED) is 0.0600. The van der Waals surface area contributed by atoms with Crippen LogP contribution in [0, 0.1) is 5.92 Å². The maximum Gasteiger partial charge on any atom is 0.338 e. The van der Waals surface area contributed by atoms with E-state index in [1.807, 2.05) is 6.92 Å². The summed E-state index contributed by atoms with van der Waals surface area (Å²) < 4.78 is 11.3. The third-order valence-corrected chi connectivity index (χ3v) is 8.54. The van der Waals surface area contributed by atoms with E-state index in [2.05, 4.69) is 51.7 Å². The molecule has 2 unspecified atom stereocenters. The number of nitrogens with one attached hydrogen (secondary N) is 3. The van der Waals surface area contributed by atoms with Crippen LogP contribution in [0.3, 0.4) is 0 Å². The Balaban J connectivity index is 1.50. The number of unbranched alkanes of at least 4 members (excludes halogenated alkanes) is 2. The van der Waals surface area contributed by atoms with E-state index < -0.39 is 0 Å². The van der Waals surface area contributed by atoms with Crippen LogP contribution in [0.1, 0.15) is 117 Å². The summed E-state index contributed by atoms with van der Waals surface area (Å²) in [5, 5.41) is 9.55. The molecule has 11 nitrogen and oxygen atoms in total. The minimum Gasteiger partial charge on any atom is -0.462 e. The number of hydrogen-bond donors (Lipinski definition) is 3. The van der Waals surface area contributed by atoms with E-state index >= 15 is 0 Å². The van der Waals surface area contributed by atoms with Gasteiger partial charge in [0.1, 0.15) is 6.10 Å². The summed E-state index contributed by atoms with van der Waals surface area (Å²) in [5.41, 5.74) is 3.49. The molecule has 0 aliphatic rings. The standard InChI is InChI=1S/C40H50N6O5/c1-6-10-12-28(8-3)26-50-36(48)30-16-22-33(23-17-30)42-39-44-38(41-32-20-14-29(15-21-32)27(5)47)45-40(46-39)43-34-24-18-31(19-25-34)37(49)51-35(9-4)13-11-7-2/h14-25,28,35H,6-13,26H2,1-5H3,(H3,41,42,43,44,45,46). The Bertz CT molecular complexity index is 1710. The van der Waals surface area contributed by atoms with Gasteiger partial charge < -0.3 is 25.4 Å². The molecular formula is C40H50N6O5. The average Bonchev–Trinajstić information content (AvgIpc) is 3.14. The van der Waals surface area contributed by atoms with E-state index in [0.29, 0.717) is 46.3 Å². The summed E-state index contributed by atoms with van der Waals surface area (Å²) in [4.78, 5) is 50.9. The molecule has 4 rings (SSSR count). The first kappa shape index (κ1) is 38.5. The van der Waals surface area contributed by atoms with Crippen LogP contribution in [0.25, 0.3) is 0 Å². The molecule has 0 amide bonds. The molecule has 11 heteroatoms. The second-order valence-corrected chi connectivity index (χ2v) is 12.6. The number of esters is 2. The lowest BCUT2D eigenvalue weighted by atomic mass is 10.0. The van der Waals surface area contributed by atoms with Crippen molar-refractivity contribution in [1.29, 1.82) is 0 Å². The zero-order valence-electron chi connectivity index (χ0n) is 30.3. The largest absolute Gasteiger partial charge is 0.462 e. The van der Waals surface area contributed by atoms with Gasteiger partial charge in [-0.25, -0.2) is 9.59 Å². The minimum absolute atomic E-state index is 0.0305. The Labute approximate surface area is 301 Å². The number of aromatic nitrogens is 3. The van der Waals surface area contributed by atoms with Crippen molar-refractivity contribution in [3.8, 4) is 0 Å². The van der Waals surface area contributed by atoms with Crippen molar-refractivity contribution in [1.82, 2.24) is 15.0 Å². The fourth-order valence-corrected chi connectivity index (χ4v) is 5.27. The van der Waals surface area contributed by atoms with Gasteiger partial charge in [0, 0.05) is 22.6 Å². The highest BCUT2D eigenvalue weighted by atomic mass is 16.5. The van der Waals surface area contributed by atoms with Crippen LogP contribution in [0.15, 0.2) is 72.8 Å². The molecule has 2 atom stereocenters. The number of nitrogens with zero attached hydrogens (tertiary/aromatic N) is 3. The SMILES string of the molecule is CCCCC(CC)COC(=O)c1ccc(Nc2nc(Nc3ccc(C(C)=O)cc3)nc(Nc3ccc(C(=O)OC(CC)CCCC)cc3)n2)cc1. The van der Waals surface area contributed by atoms with Crippen LogP contribution in [0.5, 0.6) is 0 Å². The van der Waals surface area contributed by atoms with Gasteiger partial charge in [0.2, 0.25) is 17.8 Å². The topological polar surface area (TPSA) is 144 Å². The van der Waals surface area contributed by atoms with E-state index in [1.54, 1.807) is 72.8 Å². The van der Waals surface area contributed by atoms with E-state index in [9.17, 15) is 14.4 Å². The van der Waals surface area contributed by atoms with Crippen LogP contribution in [0.4, 0.5) is 34.9 Å². The second kappa shape index (κ2) is 19.8. The molecule has 51 heavy (non-hydrogen) atoms. The summed E-state index contributed by atoms with van der Waals surface area (Å²) in [6, 6.07) is 20.9. The zero-order chi connectivity index (χ0) is 36.6. The van der Waals surface area contributed by atoms with Crippen molar-refractivity contribution in [2.24, 2.45) is 5.92 Å². The van der Waals surface area contributed by atoms with Crippen LogP contribution in [-0.4, -0.2) is 45.4 Å². The number of benzene rings is 3. The van der Waals surface area contributed by atoms with Crippen molar-refractivity contribution < 1.29 is 23.9 Å². The maximum atomic E-state index is 12.8. The molecule has 4 aromatic rings. The van der Waals surface area contributed by atoms with Crippen molar-refractivity contribution in [3.05, 3.63) is 89.5 Å². The molecule has 0 saturated carbocycles. The monoisotopic (exact) mass is 694 g/mol. The van der Waals surface area contributed by atoms with Gasteiger partial charge in [-0.05, 0) is 105 Å². The third kappa shape index (κ3) is 12.2. The molecule has 0 spiro atoms. The Hall–Kier alpha value is -5.32. The lowest BCUT2D eigenvalue weighted by Gasteiger charge is -2.16. The third-order valence-electron chi connectivity index (χ3n) is 8.54.